The fourth-order valence-electron chi connectivity index (χ4n) is 3.05. The molecule has 0 atom stereocenters. The van der Waals surface area contributed by atoms with Crippen LogP contribution in [0.2, 0.25) is 0 Å². The van der Waals surface area contributed by atoms with Gasteiger partial charge in [0.25, 0.3) is 0 Å². The van der Waals surface area contributed by atoms with E-state index in [2.05, 4.69) is 25.3 Å². The quantitative estimate of drug-likeness (QED) is 0.346. The van der Waals surface area contributed by atoms with Crippen LogP contribution in [0, 0.1) is 0 Å². The van der Waals surface area contributed by atoms with Crippen LogP contribution in [0.5, 0.6) is 11.5 Å². The molecule has 1 aliphatic carbocycles. The van der Waals surface area contributed by atoms with Gasteiger partial charge in [0.2, 0.25) is 5.91 Å². The second kappa shape index (κ2) is 9.99. The Morgan fingerprint density at radius 2 is 2.00 bits per heavy atom. The first-order chi connectivity index (χ1) is 15.5. The number of ether oxygens (including phenoxy) is 2. The molecule has 1 amide bonds. The van der Waals surface area contributed by atoms with E-state index in [4.69, 9.17) is 4.74 Å². The van der Waals surface area contributed by atoms with Crippen LogP contribution >= 0.6 is 11.8 Å². The fraction of sp³-hybridized carbons (Fsp3) is 0.318. The lowest BCUT2D eigenvalue weighted by Gasteiger charge is -2.12. The number of hydrogen-bond acceptors (Lipinski definition) is 7. The number of alkyl halides is 2. The lowest BCUT2D eigenvalue weighted by Crippen LogP contribution is -2.24. The summed E-state index contributed by atoms with van der Waals surface area (Å²) in [5, 5.41) is 7.71. The van der Waals surface area contributed by atoms with Crippen molar-refractivity contribution < 1.29 is 23.0 Å². The van der Waals surface area contributed by atoms with Gasteiger partial charge in [0.05, 0.1) is 18.4 Å². The number of methoxy groups -OCH3 is 1. The molecule has 1 aromatic heterocycles. The van der Waals surface area contributed by atoms with Gasteiger partial charge in [-0.05, 0) is 42.7 Å². The molecule has 0 unspecified atom stereocenters. The maximum Gasteiger partial charge on any atom is 0.387 e. The van der Waals surface area contributed by atoms with E-state index in [1.807, 2.05) is 24.3 Å². The van der Waals surface area contributed by atoms with Crippen molar-refractivity contribution in [3.63, 3.8) is 0 Å². The smallest absolute Gasteiger partial charge is 0.387 e. The van der Waals surface area contributed by atoms with Crippen LogP contribution in [0.3, 0.4) is 0 Å². The van der Waals surface area contributed by atoms with E-state index in [1.54, 1.807) is 12.1 Å². The molecule has 7 nitrogen and oxygen atoms in total. The third kappa shape index (κ3) is 5.76. The van der Waals surface area contributed by atoms with Crippen LogP contribution in [-0.4, -0.2) is 41.4 Å². The van der Waals surface area contributed by atoms with Gasteiger partial charge in [-0.25, -0.2) is 9.97 Å². The molecule has 4 rings (SSSR count). The molecule has 0 saturated heterocycles. The zero-order valence-electron chi connectivity index (χ0n) is 17.3. The van der Waals surface area contributed by atoms with E-state index < -0.39 is 6.61 Å². The van der Waals surface area contributed by atoms with Gasteiger partial charge in [0.15, 0.2) is 16.7 Å². The molecule has 1 aliphatic rings. The lowest BCUT2D eigenvalue weighted by atomic mass is 10.2. The maximum absolute atomic E-state index is 12.4. The zero-order valence-corrected chi connectivity index (χ0v) is 18.1. The van der Waals surface area contributed by atoms with Crippen LogP contribution in [0.15, 0.2) is 47.6 Å². The van der Waals surface area contributed by atoms with Gasteiger partial charge in [-0.15, -0.1) is 0 Å². The summed E-state index contributed by atoms with van der Waals surface area (Å²) in [5.41, 5.74) is 1.52. The lowest BCUT2D eigenvalue weighted by molar-refractivity contribution is -0.118. The number of benzene rings is 2. The Labute approximate surface area is 187 Å². The van der Waals surface area contributed by atoms with Crippen LogP contribution in [-0.2, 0) is 11.3 Å². The minimum Gasteiger partial charge on any atom is -0.493 e. The van der Waals surface area contributed by atoms with Crippen LogP contribution in [0.25, 0.3) is 10.9 Å². The molecule has 1 heterocycles. The number of amides is 1. The Balaban J connectivity index is 1.35. The normalized spacial score (nSPS) is 13.2. The standard InChI is InChI=1S/C22H22F2N4O3S/c1-30-18-10-13(6-9-17(18)31-21(23)24)11-25-19(29)12-32-22-27-16-5-3-2-4-15(16)20(28-22)26-14-7-8-14/h2-6,9-10,14,21H,7-8,11-12H2,1H3,(H,25,29)(H,26,27,28). The fourth-order valence-corrected chi connectivity index (χ4v) is 3.73. The summed E-state index contributed by atoms with van der Waals surface area (Å²) in [7, 11) is 1.36. The zero-order chi connectivity index (χ0) is 22.5. The second-order valence-electron chi connectivity index (χ2n) is 7.22. The van der Waals surface area contributed by atoms with Gasteiger partial charge in [0, 0.05) is 18.0 Å². The van der Waals surface area contributed by atoms with Crippen molar-refractivity contribution in [2.45, 2.75) is 37.2 Å². The highest BCUT2D eigenvalue weighted by atomic mass is 32.2. The molecule has 3 aromatic rings. The number of aromatic nitrogens is 2. The van der Waals surface area contributed by atoms with Crippen molar-refractivity contribution >= 4 is 34.4 Å². The van der Waals surface area contributed by atoms with Crippen molar-refractivity contribution in [3.8, 4) is 11.5 Å². The molecule has 0 aliphatic heterocycles. The van der Waals surface area contributed by atoms with Crippen LogP contribution < -0.4 is 20.1 Å². The number of para-hydroxylation sites is 1. The topological polar surface area (TPSA) is 85.4 Å². The summed E-state index contributed by atoms with van der Waals surface area (Å²) in [6, 6.07) is 12.8. The summed E-state index contributed by atoms with van der Waals surface area (Å²) in [6.07, 6.45) is 2.26. The van der Waals surface area contributed by atoms with Crippen molar-refractivity contribution in [3.05, 3.63) is 48.0 Å². The Morgan fingerprint density at radius 3 is 2.75 bits per heavy atom. The molecule has 1 fully saturated rings. The Morgan fingerprint density at radius 1 is 1.19 bits per heavy atom. The van der Waals surface area contributed by atoms with E-state index in [-0.39, 0.29) is 29.7 Å². The average Bonchev–Trinajstić information content (AvgIpc) is 3.60. The number of carbonyl (C=O) groups is 1. The minimum absolute atomic E-state index is 0.0582. The van der Waals surface area contributed by atoms with Crippen molar-refractivity contribution in [2.75, 3.05) is 18.2 Å². The molecule has 0 spiro atoms. The highest BCUT2D eigenvalue weighted by Gasteiger charge is 2.23. The Kier molecular flexibility index (Phi) is 6.89. The molecule has 2 N–H and O–H groups in total. The third-order valence-electron chi connectivity index (χ3n) is 4.77. The Hall–Kier alpha value is -3.14. The highest BCUT2D eigenvalue weighted by Crippen LogP contribution is 2.30. The SMILES string of the molecule is COc1cc(CNC(=O)CSc2nc(NC3CC3)c3ccccc3n2)ccc1OC(F)F. The minimum atomic E-state index is -2.94. The van der Waals surface area contributed by atoms with E-state index in [0.29, 0.717) is 16.8 Å². The van der Waals surface area contributed by atoms with E-state index in [9.17, 15) is 13.6 Å². The number of halogens is 2. The number of rotatable bonds is 10. The third-order valence-corrected chi connectivity index (χ3v) is 5.61. The van der Waals surface area contributed by atoms with Gasteiger partial charge in [-0.2, -0.15) is 8.78 Å². The number of carbonyl (C=O) groups excluding carboxylic acids is 1. The molecule has 168 valence electrons. The van der Waals surface area contributed by atoms with Gasteiger partial charge in [-0.3, -0.25) is 4.79 Å². The number of hydrogen-bond donors (Lipinski definition) is 2. The Bertz CT molecular complexity index is 1110. The maximum atomic E-state index is 12.4. The van der Waals surface area contributed by atoms with E-state index >= 15 is 0 Å². The highest BCUT2D eigenvalue weighted by molar-refractivity contribution is 7.99. The van der Waals surface area contributed by atoms with E-state index in [0.717, 1.165) is 29.6 Å². The predicted molar refractivity (Wildman–Crippen MR) is 118 cm³/mol. The molecular weight excluding hydrogens is 438 g/mol. The molecular formula is C22H22F2N4O3S. The largest absolute Gasteiger partial charge is 0.493 e. The monoisotopic (exact) mass is 460 g/mol. The molecule has 0 bridgehead atoms. The first kappa shape index (κ1) is 22.1. The van der Waals surface area contributed by atoms with Gasteiger partial charge < -0.3 is 20.1 Å². The molecule has 0 radical (unpaired) electrons. The van der Waals surface area contributed by atoms with Crippen LogP contribution in [0.4, 0.5) is 14.6 Å². The molecule has 1 saturated carbocycles. The summed E-state index contributed by atoms with van der Waals surface area (Å²) in [5.74, 6) is 0.851. The van der Waals surface area contributed by atoms with Crippen LogP contribution in [0.1, 0.15) is 18.4 Å². The summed E-state index contributed by atoms with van der Waals surface area (Å²) < 4.78 is 34.4. The first-order valence-electron chi connectivity index (χ1n) is 10.1. The summed E-state index contributed by atoms with van der Waals surface area (Å²) in [4.78, 5) is 21.5. The summed E-state index contributed by atoms with van der Waals surface area (Å²) >= 11 is 1.25. The van der Waals surface area contributed by atoms with Crippen molar-refractivity contribution in [1.29, 1.82) is 0 Å². The average molecular weight is 461 g/mol. The number of nitrogens with zero attached hydrogens (tertiary/aromatic N) is 2. The number of nitrogens with one attached hydrogen (secondary N) is 2. The van der Waals surface area contributed by atoms with Gasteiger partial charge in [0.1, 0.15) is 5.82 Å². The van der Waals surface area contributed by atoms with E-state index in [1.165, 1.54) is 24.9 Å². The number of fused-ring (bicyclic) bond motifs is 1. The first-order valence-corrected chi connectivity index (χ1v) is 11.0. The molecule has 32 heavy (non-hydrogen) atoms. The number of anilines is 1. The number of thioether (sulfide) groups is 1. The molecule has 10 heteroatoms. The van der Waals surface area contributed by atoms with Crippen molar-refractivity contribution in [2.24, 2.45) is 0 Å². The predicted octanol–water partition coefficient (Wildman–Crippen LogP) is 4.22. The second-order valence-corrected chi connectivity index (χ2v) is 8.16. The summed E-state index contributed by atoms with van der Waals surface area (Å²) in [6.45, 7) is -2.72. The van der Waals surface area contributed by atoms with Gasteiger partial charge >= 0.3 is 6.61 Å². The molecule has 2 aromatic carbocycles. The van der Waals surface area contributed by atoms with Crippen molar-refractivity contribution in [1.82, 2.24) is 15.3 Å². The van der Waals surface area contributed by atoms with Gasteiger partial charge in [-0.1, -0.05) is 30.0 Å².